The van der Waals surface area contributed by atoms with Crippen molar-refractivity contribution in [3.05, 3.63) is 35.4 Å². The van der Waals surface area contributed by atoms with Gasteiger partial charge in [0.1, 0.15) is 16.7 Å². The van der Waals surface area contributed by atoms with Gasteiger partial charge in [0.2, 0.25) is 0 Å². The molecular weight excluding hydrogens is 462 g/mol. The Kier molecular flexibility index (Phi) is 6.23. The van der Waals surface area contributed by atoms with Gasteiger partial charge in [-0.15, -0.1) is 0 Å². The summed E-state index contributed by atoms with van der Waals surface area (Å²) in [5, 5.41) is 1.64. The molecule has 3 aliphatic rings. The molecule has 0 bridgehead atoms. The molecule has 7 heteroatoms. The van der Waals surface area contributed by atoms with Gasteiger partial charge in [0.05, 0.1) is 28.4 Å². The van der Waals surface area contributed by atoms with Crippen LogP contribution in [-0.4, -0.2) is 32.6 Å². The van der Waals surface area contributed by atoms with Crippen LogP contribution in [0.25, 0.3) is 11.0 Å². The second-order valence-electron chi connectivity index (χ2n) is 10.7. The van der Waals surface area contributed by atoms with Crippen LogP contribution in [0.4, 0.5) is 5.82 Å². The molecule has 0 unspecified atom stereocenters. The van der Waals surface area contributed by atoms with Crippen LogP contribution in [0.1, 0.15) is 70.0 Å². The van der Waals surface area contributed by atoms with Gasteiger partial charge in [-0.1, -0.05) is 61.9 Å². The summed E-state index contributed by atoms with van der Waals surface area (Å²) in [7, 11) is 2.10. The minimum absolute atomic E-state index is 0.623. The van der Waals surface area contributed by atoms with E-state index in [1.165, 1.54) is 64.2 Å². The van der Waals surface area contributed by atoms with Gasteiger partial charge < -0.3 is 9.47 Å². The molecule has 3 aromatic rings. The lowest BCUT2D eigenvalue weighted by Gasteiger charge is -2.39. The summed E-state index contributed by atoms with van der Waals surface area (Å²) in [6.45, 7) is 2.21. The Morgan fingerprint density at radius 1 is 1.00 bits per heavy atom. The van der Waals surface area contributed by atoms with E-state index in [0.717, 1.165) is 63.0 Å². The summed E-state index contributed by atoms with van der Waals surface area (Å²) in [6.07, 6.45) is 18.5. The fourth-order valence-electron chi connectivity index (χ4n) is 6.50. The third kappa shape index (κ3) is 4.32. The number of imidazole rings is 1. The Morgan fingerprint density at radius 3 is 2.47 bits per heavy atom. The number of anilines is 1. The molecule has 1 saturated heterocycles. The molecule has 3 heterocycles. The van der Waals surface area contributed by atoms with Crippen molar-refractivity contribution in [1.29, 1.82) is 0 Å². The highest BCUT2D eigenvalue weighted by Crippen LogP contribution is 2.46. The number of benzene rings is 1. The van der Waals surface area contributed by atoms with Crippen LogP contribution in [-0.2, 0) is 13.5 Å². The first-order valence-electron chi connectivity index (χ1n) is 13.0. The zero-order chi connectivity index (χ0) is 23.1. The van der Waals surface area contributed by atoms with E-state index in [2.05, 4.69) is 28.6 Å². The number of rotatable bonds is 5. The van der Waals surface area contributed by atoms with Crippen LogP contribution < -0.4 is 4.90 Å². The highest BCUT2D eigenvalue weighted by molar-refractivity contribution is 7.99. The molecule has 1 aliphatic heterocycles. The normalized spacial score (nSPS) is 20.7. The molecular formula is C27H34ClN5S. The average molecular weight is 496 g/mol. The first kappa shape index (κ1) is 22.7. The van der Waals surface area contributed by atoms with Crippen molar-refractivity contribution in [2.45, 2.75) is 80.6 Å². The van der Waals surface area contributed by atoms with Crippen LogP contribution >= 0.6 is 23.4 Å². The van der Waals surface area contributed by atoms with Crippen LogP contribution in [0, 0.1) is 11.3 Å². The molecule has 180 valence electrons. The molecule has 2 aliphatic carbocycles. The lowest BCUT2D eigenvalue weighted by molar-refractivity contribution is 0.226. The van der Waals surface area contributed by atoms with Gasteiger partial charge >= 0.3 is 0 Å². The Balaban J connectivity index is 1.16. The van der Waals surface area contributed by atoms with Crippen molar-refractivity contribution >= 4 is 40.2 Å². The van der Waals surface area contributed by atoms with Crippen molar-refractivity contribution in [3.63, 3.8) is 0 Å². The van der Waals surface area contributed by atoms with Crippen molar-refractivity contribution in [1.82, 2.24) is 19.5 Å². The predicted octanol–water partition coefficient (Wildman–Crippen LogP) is 7.06. The monoisotopic (exact) mass is 495 g/mol. The fourth-order valence-corrected chi connectivity index (χ4v) is 7.66. The first-order valence-corrected chi connectivity index (χ1v) is 14.2. The number of halogens is 1. The summed E-state index contributed by atoms with van der Waals surface area (Å²) >= 11 is 8.49. The number of hydrogen-bond donors (Lipinski definition) is 0. The Labute approximate surface area is 211 Å². The minimum atomic E-state index is 0.623. The van der Waals surface area contributed by atoms with E-state index in [9.17, 15) is 0 Å². The van der Waals surface area contributed by atoms with Crippen LogP contribution in [0.2, 0.25) is 5.02 Å². The van der Waals surface area contributed by atoms with Crippen molar-refractivity contribution in [3.8, 4) is 0 Å². The number of nitrogens with zero attached hydrogens (tertiary/aromatic N) is 5. The number of aromatic nitrogens is 4. The standard InChI is InChI=1S/C27H34ClN5S/c1-32-22(16-19-6-2-3-7-19)31-20-8-9-21(25(28)26(20)32)34-24-18-29-23(17-30-24)33-14-12-27(13-15-33)10-4-5-11-27/h8-9,17-19H,2-7,10-16H2,1H3. The van der Waals surface area contributed by atoms with E-state index in [0.29, 0.717) is 5.41 Å². The highest BCUT2D eigenvalue weighted by atomic mass is 35.5. The van der Waals surface area contributed by atoms with Crippen molar-refractivity contribution < 1.29 is 0 Å². The molecule has 1 aromatic carbocycles. The van der Waals surface area contributed by atoms with Crippen molar-refractivity contribution in [2.24, 2.45) is 18.4 Å². The molecule has 1 spiro atoms. The SMILES string of the molecule is Cn1c(CC2CCCC2)nc2ccc(Sc3cnc(N4CCC5(CCCC5)CC4)cn3)c(Cl)c21. The van der Waals surface area contributed by atoms with E-state index in [-0.39, 0.29) is 0 Å². The number of piperidine rings is 1. The second-order valence-corrected chi connectivity index (χ2v) is 12.1. The number of hydrogen-bond acceptors (Lipinski definition) is 5. The molecule has 0 atom stereocenters. The second kappa shape index (κ2) is 9.34. The van der Waals surface area contributed by atoms with Gasteiger partial charge in [-0.2, -0.15) is 0 Å². The molecule has 3 fully saturated rings. The lowest BCUT2D eigenvalue weighted by atomic mass is 9.77. The van der Waals surface area contributed by atoms with Gasteiger partial charge in [0.15, 0.2) is 0 Å². The summed E-state index contributed by atoms with van der Waals surface area (Å²) in [5.41, 5.74) is 2.63. The molecule has 0 N–H and O–H groups in total. The molecule has 6 rings (SSSR count). The maximum Gasteiger partial charge on any atom is 0.147 e. The number of aryl methyl sites for hydroxylation is 1. The van der Waals surface area contributed by atoms with Gasteiger partial charge in [-0.3, -0.25) is 0 Å². The smallest absolute Gasteiger partial charge is 0.147 e. The predicted molar refractivity (Wildman–Crippen MR) is 140 cm³/mol. The molecule has 0 radical (unpaired) electrons. The van der Waals surface area contributed by atoms with E-state index in [1.54, 1.807) is 11.8 Å². The molecule has 0 amide bonds. The third-order valence-electron chi connectivity index (χ3n) is 8.62. The zero-order valence-corrected chi connectivity index (χ0v) is 21.7. The third-order valence-corrected chi connectivity index (χ3v) is 10.1. The Morgan fingerprint density at radius 2 is 1.76 bits per heavy atom. The molecule has 2 aromatic heterocycles. The van der Waals surface area contributed by atoms with E-state index in [1.807, 2.05) is 12.4 Å². The fraction of sp³-hybridized carbons (Fsp3) is 0.593. The largest absolute Gasteiger partial charge is 0.355 e. The summed E-state index contributed by atoms with van der Waals surface area (Å²) in [5.74, 6) is 2.92. The number of fused-ring (bicyclic) bond motifs is 1. The quantitative estimate of drug-likeness (QED) is 0.379. The van der Waals surface area contributed by atoms with Gasteiger partial charge in [-0.25, -0.2) is 15.0 Å². The van der Waals surface area contributed by atoms with Gasteiger partial charge in [-0.05, 0) is 49.1 Å². The van der Waals surface area contributed by atoms with Crippen LogP contribution in [0.3, 0.4) is 0 Å². The van der Waals surface area contributed by atoms with Crippen molar-refractivity contribution in [2.75, 3.05) is 18.0 Å². The first-order chi connectivity index (χ1) is 16.6. The average Bonchev–Trinajstić information content (AvgIpc) is 3.60. The topological polar surface area (TPSA) is 46.8 Å². The van der Waals surface area contributed by atoms with Crippen LogP contribution in [0.15, 0.2) is 34.4 Å². The van der Waals surface area contributed by atoms with Gasteiger partial charge in [0, 0.05) is 31.5 Å². The zero-order valence-electron chi connectivity index (χ0n) is 20.1. The maximum atomic E-state index is 6.90. The molecule has 2 saturated carbocycles. The maximum absolute atomic E-state index is 6.90. The summed E-state index contributed by atoms with van der Waals surface area (Å²) < 4.78 is 2.20. The van der Waals surface area contributed by atoms with Crippen LogP contribution in [0.5, 0.6) is 0 Å². The van der Waals surface area contributed by atoms with Gasteiger partial charge in [0.25, 0.3) is 0 Å². The van der Waals surface area contributed by atoms with E-state index in [4.69, 9.17) is 26.6 Å². The summed E-state index contributed by atoms with van der Waals surface area (Å²) in [6, 6.07) is 4.17. The minimum Gasteiger partial charge on any atom is -0.355 e. The lowest BCUT2D eigenvalue weighted by Crippen LogP contribution is -2.39. The summed E-state index contributed by atoms with van der Waals surface area (Å²) in [4.78, 5) is 17.8. The Hall–Kier alpha value is -1.79. The Bertz CT molecular complexity index is 1150. The molecule has 34 heavy (non-hydrogen) atoms. The van der Waals surface area contributed by atoms with E-state index < -0.39 is 0 Å². The molecule has 5 nitrogen and oxygen atoms in total. The highest BCUT2D eigenvalue weighted by Gasteiger charge is 2.37. The van der Waals surface area contributed by atoms with E-state index >= 15 is 0 Å².